The van der Waals surface area contributed by atoms with E-state index in [-0.39, 0.29) is 11.7 Å². The molecule has 2 rings (SSSR count). The monoisotopic (exact) mass is 315 g/mol. The number of halogens is 3. The van der Waals surface area contributed by atoms with Crippen LogP contribution in [0.2, 0.25) is 0 Å². The summed E-state index contributed by atoms with van der Waals surface area (Å²) in [6.07, 6.45) is 0.383. The number of rotatable bonds is 4. The molecular formula is C15H16F3NOS. The van der Waals surface area contributed by atoms with Gasteiger partial charge in [-0.15, -0.1) is 0 Å². The Bertz CT molecular complexity index is 580. The zero-order chi connectivity index (χ0) is 15.8. The molecule has 6 heteroatoms. The number of alkyl halides is 2. The van der Waals surface area contributed by atoms with E-state index >= 15 is 0 Å². The molecule has 0 saturated carbocycles. The summed E-state index contributed by atoms with van der Waals surface area (Å²) in [7, 11) is 0. The van der Waals surface area contributed by atoms with Gasteiger partial charge < -0.3 is 0 Å². The van der Waals surface area contributed by atoms with Crippen LogP contribution in [-0.2, 0) is 4.79 Å². The summed E-state index contributed by atoms with van der Waals surface area (Å²) in [6.45, 7) is 3.85. The van der Waals surface area contributed by atoms with Crippen molar-refractivity contribution in [2.24, 2.45) is 4.99 Å². The van der Waals surface area contributed by atoms with Crippen LogP contribution < -0.4 is 0 Å². The van der Waals surface area contributed by atoms with Crippen molar-refractivity contribution in [2.45, 2.75) is 43.8 Å². The largest absolute Gasteiger partial charge is 0.271 e. The second kappa shape index (κ2) is 5.48. The second-order valence-corrected chi connectivity index (χ2v) is 6.98. The Balaban J connectivity index is 2.10. The highest BCUT2D eigenvalue weighted by atomic mass is 32.2. The highest BCUT2D eigenvalue weighted by Gasteiger charge is 2.56. The van der Waals surface area contributed by atoms with Crippen LogP contribution in [-0.4, -0.2) is 21.6 Å². The smallest absolute Gasteiger partial charge is 0.268 e. The minimum Gasteiger partial charge on any atom is -0.271 e. The van der Waals surface area contributed by atoms with Gasteiger partial charge in [-0.2, -0.15) is 0 Å². The summed E-state index contributed by atoms with van der Waals surface area (Å²) >= 11 is 0.831. The summed E-state index contributed by atoms with van der Waals surface area (Å²) in [5.41, 5.74) is 0.879. The van der Waals surface area contributed by atoms with Crippen LogP contribution in [0.25, 0.3) is 0 Å². The molecule has 0 unspecified atom stereocenters. The molecule has 0 N–H and O–H groups in total. The van der Waals surface area contributed by atoms with Crippen molar-refractivity contribution in [2.75, 3.05) is 0 Å². The third-order valence-electron chi connectivity index (χ3n) is 3.71. The molecule has 2 atom stereocenters. The molecule has 2 nitrogen and oxygen atoms in total. The molecule has 0 bridgehead atoms. The van der Waals surface area contributed by atoms with Gasteiger partial charge in [0.15, 0.2) is 4.75 Å². The maximum atomic E-state index is 13.6. The van der Waals surface area contributed by atoms with Gasteiger partial charge in [-0.05, 0) is 30.5 Å². The lowest BCUT2D eigenvalue weighted by Gasteiger charge is -2.27. The molecule has 1 aromatic carbocycles. The number of aliphatic imine (C=N–C) groups is 1. The first-order chi connectivity index (χ1) is 9.63. The number of carbonyl (C=O) groups is 1. The summed E-state index contributed by atoms with van der Waals surface area (Å²) in [5.74, 6) is -4.29. The molecule has 1 amide bonds. The van der Waals surface area contributed by atoms with E-state index in [1.54, 1.807) is 12.1 Å². The number of thioether (sulfide) groups is 1. The molecule has 0 spiro atoms. The lowest BCUT2D eigenvalue weighted by molar-refractivity contribution is -0.128. The number of benzene rings is 1. The van der Waals surface area contributed by atoms with Crippen molar-refractivity contribution < 1.29 is 18.0 Å². The maximum absolute atomic E-state index is 13.6. The van der Waals surface area contributed by atoms with E-state index in [4.69, 9.17) is 0 Å². The van der Waals surface area contributed by atoms with Gasteiger partial charge in [0.05, 0.1) is 5.04 Å². The molecule has 0 fully saturated rings. The van der Waals surface area contributed by atoms with E-state index in [2.05, 4.69) is 4.99 Å². The van der Waals surface area contributed by atoms with E-state index in [9.17, 15) is 18.0 Å². The highest BCUT2D eigenvalue weighted by Crippen LogP contribution is 2.46. The summed E-state index contributed by atoms with van der Waals surface area (Å²) in [6, 6.07) is 6.00. The number of amides is 1. The van der Waals surface area contributed by atoms with Crippen LogP contribution in [0.5, 0.6) is 0 Å². The molecule has 1 aliphatic heterocycles. The Morgan fingerprint density at radius 1 is 1.33 bits per heavy atom. The van der Waals surface area contributed by atoms with Crippen LogP contribution in [0.3, 0.4) is 0 Å². The minimum atomic E-state index is -3.14. The standard InChI is InChI=1S/C15H16F3NOS/c1-9(10-4-6-11(16)7-5-10)8-12-19-13(20)14(2,21-12)15(3,17)18/h4-7,9H,8H2,1-3H3/t9-,14+/m1/s1. The lowest BCUT2D eigenvalue weighted by Crippen LogP contribution is -2.44. The lowest BCUT2D eigenvalue weighted by atomic mass is 9.98. The van der Waals surface area contributed by atoms with E-state index in [1.165, 1.54) is 19.1 Å². The quantitative estimate of drug-likeness (QED) is 0.824. The Labute approximate surface area is 125 Å². The zero-order valence-electron chi connectivity index (χ0n) is 12.0. The molecular weight excluding hydrogens is 299 g/mol. The highest BCUT2D eigenvalue weighted by molar-refractivity contribution is 8.16. The van der Waals surface area contributed by atoms with Crippen LogP contribution in [0.1, 0.15) is 38.7 Å². The molecule has 21 heavy (non-hydrogen) atoms. The average molecular weight is 315 g/mol. The van der Waals surface area contributed by atoms with E-state index in [0.29, 0.717) is 11.5 Å². The Morgan fingerprint density at radius 2 is 1.90 bits per heavy atom. The van der Waals surface area contributed by atoms with E-state index in [1.807, 2.05) is 6.92 Å². The van der Waals surface area contributed by atoms with Gasteiger partial charge in [-0.3, -0.25) is 4.79 Å². The van der Waals surface area contributed by atoms with Crippen molar-refractivity contribution >= 4 is 22.7 Å². The number of carbonyl (C=O) groups excluding carboxylic acids is 1. The van der Waals surface area contributed by atoms with Crippen LogP contribution in [0, 0.1) is 5.82 Å². The zero-order valence-corrected chi connectivity index (χ0v) is 12.8. The fourth-order valence-corrected chi connectivity index (χ4v) is 3.30. The van der Waals surface area contributed by atoms with Crippen LogP contribution in [0.4, 0.5) is 13.2 Å². The normalized spacial score (nSPS) is 24.1. The van der Waals surface area contributed by atoms with E-state index in [0.717, 1.165) is 24.2 Å². The molecule has 1 aliphatic rings. The van der Waals surface area contributed by atoms with Gasteiger partial charge >= 0.3 is 0 Å². The Kier molecular flexibility index (Phi) is 4.19. The van der Waals surface area contributed by atoms with Crippen molar-refractivity contribution in [3.8, 4) is 0 Å². The molecule has 1 aromatic rings. The van der Waals surface area contributed by atoms with Gasteiger partial charge in [0.2, 0.25) is 0 Å². The first-order valence-electron chi connectivity index (χ1n) is 6.58. The third-order valence-corrected chi connectivity index (χ3v) is 5.15. The third kappa shape index (κ3) is 3.15. The SMILES string of the molecule is C[C@H](CC1=NC(=O)[C@@](C)(C(C)(F)F)S1)c1ccc(F)cc1. The fraction of sp³-hybridized carbons (Fsp3) is 0.467. The first kappa shape index (κ1) is 16.1. The average Bonchev–Trinajstić information content (AvgIpc) is 2.66. The van der Waals surface area contributed by atoms with Gasteiger partial charge in [-0.25, -0.2) is 18.2 Å². The van der Waals surface area contributed by atoms with Gasteiger partial charge in [0.25, 0.3) is 11.8 Å². The van der Waals surface area contributed by atoms with Crippen molar-refractivity contribution in [1.29, 1.82) is 0 Å². The molecule has 0 radical (unpaired) electrons. The van der Waals surface area contributed by atoms with Crippen LogP contribution >= 0.6 is 11.8 Å². The van der Waals surface area contributed by atoms with Gasteiger partial charge in [-0.1, -0.05) is 30.8 Å². The minimum absolute atomic E-state index is 0.0301. The molecule has 0 aromatic heterocycles. The van der Waals surface area contributed by atoms with E-state index < -0.39 is 16.6 Å². The summed E-state index contributed by atoms with van der Waals surface area (Å²) in [5, 5.41) is 0.404. The second-order valence-electron chi connectivity index (χ2n) is 5.49. The van der Waals surface area contributed by atoms with Crippen LogP contribution in [0.15, 0.2) is 29.3 Å². The number of hydrogen-bond acceptors (Lipinski definition) is 2. The number of hydrogen-bond donors (Lipinski definition) is 0. The number of nitrogens with zero attached hydrogens (tertiary/aromatic N) is 1. The molecule has 114 valence electrons. The molecule has 1 heterocycles. The predicted molar refractivity (Wildman–Crippen MR) is 78.5 cm³/mol. The Hall–Kier alpha value is -1.30. The predicted octanol–water partition coefficient (Wildman–Crippen LogP) is 4.41. The molecule has 0 saturated heterocycles. The maximum Gasteiger partial charge on any atom is 0.268 e. The van der Waals surface area contributed by atoms with Crippen molar-refractivity contribution in [3.63, 3.8) is 0 Å². The topological polar surface area (TPSA) is 29.4 Å². The first-order valence-corrected chi connectivity index (χ1v) is 7.39. The summed E-state index contributed by atoms with van der Waals surface area (Å²) in [4.78, 5) is 15.6. The Morgan fingerprint density at radius 3 is 2.38 bits per heavy atom. The molecule has 0 aliphatic carbocycles. The summed E-state index contributed by atoms with van der Waals surface area (Å²) < 4.78 is 38.2. The fourth-order valence-electron chi connectivity index (χ4n) is 2.06. The van der Waals surface area contributed by atoms with Gasteiger partial charge in [0, 0.05) is 13.3 Å². The van der Waals surface area contributed by atoms with Crippen molar-refractivity contribution in [3.05, 3.63) is 35.6 Å². The van der Waals surface area contributed by atoms with Gasteiger partial charge in [0.1, 0.15) is 5.82 Å². The van der Waals surface area contributed by atoms with Crippen molar-refractivity contribution in [1.82, 2.24) is 0 Å².